The number of carbonyl (C=O) groups is 1. The zero-order valence-electron chi connectivity index (χ0n) is 10.3. The molecule has 4 nitrogen and oxygen atoms in total. The summed E-state index contributed by atoms with van der Waals surface area (Å²) in [6.45, 7) is 2.21. The fraction of sp³-hybridized carbons (Fsp3) is 0.462. The molecule has 4 heteroatoms. The predicted octanol–water partition coefficient (Wildman–Crippen LogP) is 0.916. The van der Waals surface area contributed by atoms with Gasteiger partial charge in [-0.1, -0.05) is 30.3 Å². The van der Waals surface area contributed by atoms with E-state index in [1.807, 2.05) is 30.3 Å². The quantitative estimate of drug-likeness (QED) is 0.798. The predicted molar refractivity (Wildman–Crippen MR) is 67.3 cm³/mol. The lowest BCUT2D eigenvalue weighted by molar-refractivity contribution is -0.131. The molecule has 0 aliphatic rings. The monoisotopic (exact) mass is 236 g/mol. The summed E-state index contributed by atoms with van der Waals surface area (Å²) >= 11 is 0. The van der Waals surface area contributed by atoms with Crippen LogP contribution in [0.1, 0.15) is 24.9 Å². The highest BCUT2D eigenvalue weighted by Gasteiger charge is 2.19. The smallest absolute Gasteiger partial charge is 0.243 e. The molecule has 0 aliphatic heterocycles. The standard InChI is InChI=1S/C13H20N2O2/c1-10(16)8-9-15(2)13(17)12(14)11-6-4-3-5-7-11/h3-7,10,12,16H,8-9,14H2,1-2H3/t10?,12-/m0/s1. The van der Waals surface area contributed by atoms with Gasteiger partial charge in [0.1, 0.15) is 6.04 Å². The van der Waals surface area contributed by atoms with Crippen LogP contribution in [0.15, 0.2) is 30.3 Å². The number of nitrogens with two attached hydrogens (primary N) is 1. The Morgan fingerprint density at radius 2 is 2.00 bits per heavy atom. The van der Waals surface area contributed by atoms with Crippen molar-refractivity contribution < 1.29 is 9.90 Å². The van der Waals surface area contributed by atoms with Gasteiger partial charge in [-0.15, -0.1) is 0 Å². The van der Waals surface area contributed by atoms with Crippen LogP contribution < -0.4 is 5.73 Å². The van der Waals surface area contributed by atoms with Gasteiger partial charge in [0.15, 0.2) is 0 Å². The third-order valence-electron chi connectivity index (χ3n) is 2.68. The Labute approximate surface area is 102 Å². The minimum Gasteiger partial charge on any atom is -0.393 e. The molecule has 1 amide bonds. The van der Waals surface area contributed by atoms with E-state index in [-0.39, 0.29) is 5.91 Å². The van der Waals surface area contributed by atoms with E-state index in [4.69, 9.17) is 10.8 Å². The van der Waals surface area contributed by atoms with Gasteiger partial charge in [-0.05, 0) is 18.9 Å². The molecule has 1 unspecified atom stereocenters. The Bertz CT molecular complexity index is 352. The molecular formula is C13H20N2O2. The number of likely N-dealkylation sites (N-methyl/N-ethyl adjacent to an activating group) is 1. The van der Waals surface area contributed by atoms with E-state index in [0.29, 0.717) is 13.0 Å². The third kappa shape index (κ3) is 4.17. The number of hydrogen-bond acceptors (Lipinski definition) is 3. The summed E-state index contributed by atoms with van der Waals surface area (Å²) in [4.78, 5) is 13.5. The van der Waals surface area contributed by atoms with Crippen LogP contribution in [0.3, 0.4) is 0 Å². The van der Waals surface area contributed by atoms with Crippen molar-refractivity contribution >= 4 is 5.91 Å². The lowest BCUT2D eigenvalue weighted by atomic mass is 10.1. The van der Waals surface area contributed by atoms with Crippen LogP contribution in [0, 0.1) is 0 Å². The number of amides is 1. The first-order valence-corrected chi connectivity index (χ1v) is 5.76. The third-order valence-corrected chi connectivity index (χ3v) is 2.68. The number of hydrogen-bond donors (Lipinski definition) is 2. The lowest BCUT2D eigenvalue weighted by Gasteiger charge is -2.22. The fourth-order valence-electron chi connectivity index (χ4n) is 1.53. The van der Waals surface area contributed by atoms with Crippen molar-refractivity contribution in [3.63, 3.8) is 0 Å². The maximum Gasteiger partial charge on any atom is 0.243 e. The van der Waals surface area contributed by atoms with Crippen molar-refractivity contribution in [1.29, 1.82) is 0 Å². The summed E-state index contributed by atoms with van der Waals surface area (Å²) in [6.07, 6.45) is 0.155. The first-order chi connectivity index (χ1) is 8.02. The van der Waals surface area contributed by atoms with E-state index < -0.39 is 12.1 Å². The van der Waals surface area contributed by atoms with Crippen molar-refractivity contribution in [1.82, 2.24) is 4.90 Å². The van der Waals surface area contributed by atoms with Gasteiger partial charge in [-0.25, -0.2) is 0 Å². The van der Waals surface area contributed by atoms with Crippen molar-refractivity contribution in [3.05, 3.63) is 35.9 Å². The summed E-state index contributed by atoms with van der Waals surface area (Å²) in [5.74, 6) is -0.128. The van der Waals surface area contributed by atoms with E-state index in [0.717, 1.165) is 5.56 Å². The molecule has 2 atom stereocenters. The van der Waals surface area contributed by atoms with Crippen LogP contribution >= 0.6 is 0 Å². The van der Waals surface area contributed by atoms with Crippen LogP contribution in [0.5, 0.6) is 0 Å². The van der Waals surface area contributed by atoms with E-state index in [2.05, 4.69) is 0 Å². The molecule has 1 aromatic carbocycles. The largest absolute Gasteiger partial charge is 0.393 e. The molecule has 0 fully saturated rings. The van der Waals surface area contributed by atoms with Crippen LogP contribution in [-0.4, -0.2) is 35.6 Å². The van der Waals surface area contributed by atoms with Crippen LogP contribution in [0.25, 0.3) is 0 Å². The molecule has 0 aromatic heterocycles. The molecule has 0 spiro atoms. The van der Waals surface area contributed by atoms with Crippen molar-refractivity contribution in [2.75, 3.05) is 13.6 Å². The second kappa shape index (κ2) is 6.37. The Kier molecular flexibility index (Phi) is 5.12. The summed E-state index contributed by atoms with van der Waals surface area (Å²) in [6, 6.07) is 8.65. The zero-order chi connectivity index (χ0) is 12.8. The van der Waals surface area contributed by atoms with Gasteiger partial charge in [0.2, 0.25) is 5.91 Å². The Morgan fingerprint density at radius 1 is 1.41 bits per heavy atom. The molecule has 0 radical (unpaired) electrons. The Balaban J connectivity index is 2.57. The highest BCUT2D eigenvalue weighted by atomic mass is 16.3. The minimum absolute atomic E-state index is 0.128. The molecular weight excluding hydrogens is 216 g/mol. The number of aliphatic hydroxyl groups excluding tert-OH is 1. The van der Waals surface area contributed by atoms with Crippen molar-refractivity contribution in [2.24, 2.45) is 5.73 Å². The second-order valence-electron chi connectivity index (χ2n) is 4.29. The normalized spacial score (nSPS) is 14.1. The van der Waals surface area contributed by atoms with Gasteiger partial charge in [0.25, 0.3) is 0 Å². The average Bonchev–Trinajstić information content (AvgIpc) is 2.35. The molecule has 94 valence electrons. The lowest BCUT2D eigenvalue weighted by Crippen LogP contribution is -2.37. The summed E-state index contributed by atoms with van der Waals surface area (Å²) in [5, 5.41) is 9.17. The van der Waals surface area contributed by atoms with Gasteiger partial charge < -0.3 is 15.7 Å². The number of rotatable bonds is 5. The fourth-order valence-corrected chi connectivity index (χ4v) is 1.53. The van der Waals surface area contributed by atoms with Gasteiger partial charge in [0.05, 0.1) is 6.10 Å². The minimum atomic E-state index is -0.629. The molecule has 0 saturated heterocycles. The molecule has 17 heavy (non-hydrogen) atoms. The second-order valence-corrected chi connectivity index (χ2v) is 4.29. The summed E-state index contributed by atoms with van der Waals surface area (Å²) in [5.41, 5.74) is 6.70. The molecule has 0 bridgehead atoms. The number of benzene rings is 1. The van der Waals surface area contributed by atoms with Gasteiger partial charge in [-0.3, -0.25) is 4.79 Å². The van der Waals surface area contributed by atoms with E-state index in [1.165, 1.54) is 0 Å². The number of nitrogens with zero attached hydrogens (tertiary/aromatic N) is 1. The summed E-state index contributed by atoms with van der Waals surface area (Å²) < 4.78 is 0. The number of carbonyl (C=O) groups excluding carboxylic acids is 1. The first-order valence-electron chi connectivity index (χ1n) is 5.76. The molecule has 0 aliphatic carbocycles. The zero-order valence-corrected chi connectivity index (χ0v) is 10.3. The molecule has 0 heterocycles. The van der Waals surface area contributed by atoms with Gasteiger partial charge >= 0.3 is 0 Å². The van der Waals surface area contributed by atoms with Gasteiger partial charge in [-0.2, -0.15) is 0 Å². The Morgan fingerprint density at radius 3 is 2.53 bits per heavy atom. The number of aliphatic hydroxyl groups is 1. The van der Waals surface area contributed by atoms with Crippen LogP contribution in [0.2, 0.25) is 0 Å². The molecule has 1 rings (SSSR count). The highest BCUT2D eigenvalue weighted by Crippen LogP contribution is 2.12. The maximum atomic E-state index is 12.0. The van der Waals surface area contributed by atoms with E-state index >= 15 is 0 Å². The van der Waals surface area contributed by atoms with Crippen LogP contribution in [-0.2, 0) is 4.79 Å². The molecule has 3 N–H and O–H groups in total. The van der Waals surface area contributed by atoms with Crippen molar-refractivity contribution in [2.45, 2.75) is 25.5 Å². The average molecular weight is 236 g/mol. The molecule has 1 aromatic rings. The maximum absolute atomic E-state index is 12.0. The SMILES string of the molecule is CC(O)CCN(C)C(=O)[C@@H](N)c1ccccc1. The Hall–Kier alpha value is -1.39. The van der Waals surface area contributed by atoms with E-state index in [9.17, 15) is 4.79 Å². The van der Waals surface area contributed by atoms with Crippen molar-refractivity contribution in [3.8, 4) is 0 Å². The van der Waals surface area contributed by atoms with Gasteiger partial charge in [0, 0.05) is 13.6 Å². The van der Waals surface area contributed by atoms with Crippen LogP contribution in [0.4, 0.5) is 0 Å². The van der Waals surface area contributed by atoms with E-state index in [1.54, 1.807) is 18.9 Å². The summed E-state index contributed by atoms with van der Waals surface area (Å²) in [7, 11) is 1.70. The first kappa shape index (κ1) is 13.7. The topological polar surface area (TPSA) is 66.6 Å². The highest BCUT2D eigenvalue weighted by molar-refractivity contribution is 5.82. The molecule has 0 saturated carbocycles.